The van der Waals surface area contributed by atoms with Crippen LogP contribution in [0.15, 0.2) is 59.5 Å². The molecule has 1 amide bonds. The third kappa shape index (κ3) is 4.62. The molecule has 3 aromatic carbocycles. The number of rotatable bonds is 5. The first-order chi connectivity index (χ1) is 15.6. The molecule has 0 aliphatic heterocycles. The van der Waals surface area contributed by atoms with E-state index in [1.807, 2.05) is 0 Å². The van der Waals surface area contributed by atoms with Gasteiger partial charge in [-0.05, 0) is 24.3 Å². The minimum atomic E-state index is -4.84. The Balaban J connectivity index is 0.00000324. The van der Waals surface area contributed by atoms with Crippen LogP contribution in [-0.4, -0.2) is 71.7 Å². The molecule has 34 heavy (non-hydrogen) atoms. The Morgan fingerprint density at radius 3 is 2.09 bits per heavy atom. The normalized spacial score (nSPS) is 12.3. The number of hydrogen-bond acceptors (Lipinski definition) is 8. The zero-order valence-electron chi connectivity index (χ0n) is 17.8. The molecule has 169 valence electrons. The van der Waals surface area contributed by atoms with Gasteiger partial charge in [0.05, 0.1) is 22.5 Å². The molecule has 0 atom stereocenters. The summed E-state index contributed by atoms with van der Waals surface area (Å²) in [6, 6.07) is 13.2. The Morgan fingerprint density at radius 1 is 0.912 bits per heavy atom. The summed E-state index contributed by atoms with van der Waals surface area (Å²) < 4.78 is 33.6. The van der Waals surface area contributed by atoms with Crippen LogP contribution in [0.3, 0.4) is 0 Å². The summed E-state index contributed by atoms with van der Waals surface area (Å²) in [6.45, 7) is -0.725. The van der Waals surface area contributed by atoms with E-state index in [-0.39, 0.29) is 57.5 Å². The fourth-order valence-corrected chi connectivity index (χ4v) is 4.28. The molecule has 0 unspecified atom stereocenters. The van der Waals surface area contributed by atoms with Gasteiger partial charge in [0.2, 0.25) is 5.91 Å². The number of hydrogen-bond donors (Lipinski definition) is 5. The van der Waals surface area contributed by atoms with Crippen molar-refractivity contribution >= 4 is 79.9 Å². The quantitative estimate of drug-likeness (QED) is 0.158. The number of benzene rings is 3. The molecule has 1 radical (unpaired) electrons. The molecule has 0 saturated carbocycles. The maximum atomic E-state index is 13.3. The van der Waals surface area contributed by atoms with Gasteiger partial charge in [0.25, 0.3) is 10.1 Å². The van der Waals surface area contributed by atoms with Gasteiger partial charge in [-0.25, -0.2) is 0 Å². The second-order valence-corrected chi connectivity index (χ2v) is 8.57. The third-order valence-corrected chi connectivity index (χ3v) is 5.94. The van der Waals surface area contributed by atoms with Gasteiger partial charge in [0.1, 0.15) is 11.5 Å². The Kier molecular flexibility index (Phi) is 7.26. The van der Waals surface area contributed by atoms with Crippen molar-refractivity contribution in [3.05, 3.63) is 76.9 Å². The van der Waals surface area contributed by atoms with Crippen molar-refractivity contribution in [2.75, 3.05) is 23.0 Å². The number of nitrogens with one attached hydrogen (secondary N) is 2. The average molecular weight is 490 g/mol. The van der Waals surface area contributed by atoms with Gasteiger partial charge in [-0.15, -0.1) is 0 Å². The monoisotopic (exact) mass is 490 g/mol. The fraction of sp³-hybridized carbons (Fsp3) is 0.0455. The van der Waals surface area contributed by atoms with Crippen LogP contribution in [0.25, 0.3) is 0 Å². The number of nitrogen functional groups attached to an aromatic ring is 1. The minimum absolute atomic E-state index is 0. The summed E-state index contributed by atoms with van der Waals surface area (Å²) >= 11 is 0. The van der Waals surface area contributed by atoms with Crippen molar-refractivity contribution in [2.24, 2.45) is 0 Å². The molecule has 0 spiro atoms. The number of carbonyl (C=O) groups is 3. The number of anilines is 4. The summed E-state index contributed by atoms with van der Waals surface area (Å²) in [4.78, 5) is 37.2. The molecule has 3 aromatic rings. The van der Waals surface area contributed by atoms with E-state index in [2.05, 4.69) is 10.6 Å². The number of fused-ring (bicyclic) bond motifs is 2. The average Bonchev–Trinajstić information content (AvgIpc) is 2.77. The standard InChI is InChI=1S/C22H17N3O7S.Na/c23-20-16(33(30,31)32)9-15(24-11-4-3-5-12(8-11)25-17(27)10-26)18-19(20)22(29)14-7-2-1-6-13(14)21(18)28;/h1-9,24,26H,10,23H2,(H,25,27)(H,30,31,32);. The smallest absolute Gasteiger partial charge is 0.296 e. The Bertz CT molecular complexity index is 1450. The molecule has 10 nitrogen and oxygen atoms in total. The number of ketones is 2. The van der Waals surface area contributed by atoms with Gasteiger partial charge in [-0.3, -0.25) is 18.9 Å². The van der Waals surface area contributed by atoms with Crippen molar-refractivity contribution < 1.29 is 32.5 Å². The number of nitrogens with two attached hydrogens (primary N) is 1. The maximum Gasteiger partial charge on any atom is 0.296 e. The Labute approximate surface area is 216 Å². The van der Waals surface area contributed by atoms with Gasteiger partial charge in [0, 0.05) is 52.1 Å². The SMILES string of the molecule is Nc1c(S(=O)(=O)O)cc(Nc2cccc(NC(=O)CO)c2)c2c1C(=O)c1ccccc1C2=O.[Na]. The van der Waals surface area contributed by atoms with Crippen LogP contribution in [0.5, 0.6) is 0 Å². The molecule has 0 heterocycles. The number of amides is 1. The maximum absolute atomic E-state index is 13.3. The second-order valence-electron chi connectivity index (χ2n) is 7.18. The summed E-state index contributed by atoms with van der Waals surface area (Å²) in [5.74, 6) is -1.86. The zero-order chi connectivity index (χ0) is 23.9. The first-order valence-corrected chi connectivity index (χ1v) is 11.0. The van der Waals surface area contributed by atoms with E-state index < -0.39 is 44.8 Å². The Morgan fingerprint density at radius 2 is 1.50 bits per heavy atom. The van der Waals surface area contributed by atoms with Crippen LogP contribution in [0.2, 0.25) is 0 Å². The molecular formula is C22H17N3NaO7S. The van der Waals surface area contributed by atoms with Crippen LogP contribution >= 0.6 is 0 Å². The summed E-state index contributed by atoms with van der Waals surface area (Å²) in [6.07, 6.45) is 0. The van der Waals surface area contributed by atoms with Crippen LogP contribution in [-0.2, 0) is 14.9 Å². The van der Waals surface area contributed by atoms with Crippen LogP contribution < -0.4 is 16.4 Å². The summed E-state index contributed by atoms with van der Waals surface area (Å²) in [5.41, 5.74) is 5.68. The largest absolute Gasteiger partial charge is 0.397 e. The number of aliphatic hydroxyl groups excluding tert-OH is 1. The summed E-state index contributed by atoms with van der Waals surface area (Å²) in [7, 11) is -4.84. The molecule has 0 saturated heterocycles. The molecule has 0 aromatic heterocycles. The minimum Gasteiger partial charge on any atom is -0.397 e. The van der Waals surface area contributed by atoms with Crippen molar-refractivity contribution in [2.45, 2.75) is 4.90 Å². The first kappa shape index (κ1) is 25.6. The van der Waals surface area contributed by atoms with Crippen LogP contribution in [0.4, 0.5) is 22.7 Å². The van der Waals surface area contributed by atoms with Crippen molar-refractivity contribution in [1.82, 2.24) is 0 Å². The molecule has 1 aliphatic rings. The molecule has 12 heteroatoms. The van der Waals surface area contributed by atoms with E-state index in [4.69, 9.17) is 10.8 Å². The molecule has 0 fully saturated rings. The van der Waals surface area contributed by atoms with E-state index in [0.29, 0.717) is 11.4 Å². The molecular weight excluding hydrogens is 473 g/mol. The van der Waals surface area contributed by atoms with E-state index >= 15 is 0 Å². The molecule has 0 bridgehead atoms. The van der Waals surface area contributed by atoms with E-state index in [0.717, 1.165) is 6.07 Å². The second kappa shape index (κ2) is 9.66. The van der Waals surface area contributed by atoms with Gasteiger partial charge in [-0.1, -0.05) is 30.3 Å². The van der Waals surface area contributed by atoms with Gasteiger partial charge in [0.15, 0.2) is 11.6 Å². The predicted molar refractivity (Wildman–Crippen MR) is 125 cm³/mol. The number of aliphatic hydroxyl groups is 1. The van der Waals surface area contributed by atoms with Crippen LogP contribution in [0, 0.1) is 0 Å². The van der Waals surface area contributed by atoms with Gasteiger partial charge in [-0.2, -0.15) is 8.42 Å². The molecule has 4 rings (SSSR count). The summed E-state index contributed by atoms with van der Waals surface area (Å²) in [5, 5.41) is 14.2. The molecule has 1 aliphatic carbocycles. The fourth-order valence-electron chi connectivity index (χ4n) is 3.64. The Hall–Kier alpha value is -3.06. The van der Waals surface area contributed by atoms with Gasteiger partial charge >= 0.3 is 0 Å². The van der Waals surface area contributed by atoms with E-state index in [1.165, 1.54) is 18.2 Å². The van der Waals surface area contributed by atoms with E-state index in [9.17, 15) is 27.4 Å². The van der Waals surface area contributed by atoms with Crippen molar-refractivity contribution in [3.8, 4) is 0 Å². The predicted octanol–water partition coefficient (Wildman–Crippen LogP) is 1.58. The topological polar surface area (TPSA) is 176 Å². The first-order valence-electron chi connectivity index (χ1n) is 9.52. The zero-order valence-corrected chi connectivity index (χ0v) is 20.6. The molecule has 6 N–H and O–H groups in total. The van der Waals surface area contributed by atoms with E-state index in [1.54, 1.807) is 30.3 Å². The van der Waals surface area contributed by atoms with Crippen LogP contribution in [0.1, 0.15) is 31.8 Å². The number of carbonyl (C=O) groups excluding carboxylic acids is 3. The van der Waals surface area contributed by atoms with Crippen molar-refractivity contribution in [3.63, 3.8) is 0 Å². The van der Waals surface area contributed by atoms with Crippen molar-refractivity contribution in [1.29, 1.82) is 0 Å². The van der Waals surface area contributed by atoms with Gasteiger partial charge < -0.3 is 21.5 Å². The third-order valence-electron chi connectivity index (χ3n) is 5.05.